The third kappa shape index (κ3) is 3.93. The molecule has 3 nitrogen and oxygen atoms in total. The quantitative estimate of drug-likeness (QED) is 0.777. The first-order valence-corrected chi connectivity index (χ1v) is 8.30. The molecule has 1 saturated carbocycles. The van der Waals surface area contributed by atoms with Gasteiger partial charge in [0.25, 0.3) is 0 Å². The molecule has 0 aromatic heterocycles. The van der Waals surface area contributed by atoms with Crippen molar-refractivity contribution in [3.05, 3.63) is 0 Å². The van der Waals surface area contributed by atoms with Crippen molar-refractivity contribution in [2.24, 2.45) is 17.6 Å². The summed E-state index contributed by atoms with van der Waals surface area (Å²) in [5.41, 5.74) is 6.03. The highest BCUT2D eigenvalue weighted by Gasteiger charge is 2.38. The maximum absolute atomic E-state index is 9.49. The van der Waals surface area contributed by atoms with Gasteiger partial charge in [-0.05, 0) is 63.6 Å². The summed E-state index contributed by atoms with van der Waals surface area (Å²) in [5, 5.41) is 9.49. The molecule has 1 aliphatic heterocycles. The zero-order valence-corrected chi connectivity index (χ0v) is 12.6. The van der Waals surface area contributed by atoms with Crippen LogP contribution in [0.5, 0.6) is 0 Å². The number of likely N-dealkylation sites (tertiary alicyclic amines) is 1. The molecule has 2 rings (SSSR count). The predicted molar refractivity (Wildman–Crippen MR) is 80.0 cm³/mol. The highest BCUT2D eigenvalue weighted by atomic mass is 16.3. The Hall–Kier alpha value is -0.120. The van der Waals surface area contributed by atoms with Crippen molar-refractivity contribution in [2.75, 3.05) is 26.2 Å². The summed E-state index contributed by atoms with van der Waals surface area (Å²) in [4.78, 5) is 2.61. The molecule has 0 radical (unpaired) electrons. The van der Waals surface area contributed by atoms with Crippen molar-refractivity contribution in [1.82, 2.24) is 4.90 Å². The van der Waals surface area contributed by atoms with E-state index in [1.165, 1.54) is 64.6 Å². The zero-order valence-electron chi connectivity index (χ0n) is 12.6. The molecule has 0 amide bonds. The molecule has 2 atom stereocenters. The van der Waals surface area contributed by atoms with Gasteiger partial charge in [-0.25, -0.2) is 0 Å². The number of rotatable bonds is 6. The van der Waals surface area contributed by atoms with E-state index < -0.39 is 0 Å². The number of aliphatic hydroxyl groups excluding tert-OH is 1. The summed E-state index contributed by atoms with van der Waals surface area (Å²) in [7, 11) is 0. The van der Waals surface area contributed by atoms with E-state index >= 15 is 0 Å². The molecule has 0 aromatic carbocycles. The zero-order chi connectivity index (χ0) is 13.7. The van der Waals surface area contributed by atoms with E-state index in [1.807, 2.05) is 0 Å². The van der Waals surface area contributed by atoms with E-state index in [4.69, 9.17) is 5.73 Å². The van der Waals surface area contributed by atoms with Crippen molar-refractivity contribution in [3.8, 4) is 0 Å². The van der Waals surface area contributed by atoms with Crippen LogP contribution in [0.4, 0.5) is 0 Å². The van der Waals surface area contributed by atoms with Gasteiger partial charge in [0.1, 0.15) is 0 Å². The van der Waals surface area contributed by atoms with Crippen LogP contribution in [0.15, 0.2) is 0 Å². The summed E-state index contributed by atoms with van der Waals surface area (Å²) in [5.74, 6) is 1.50. The van der Waals surface area contributed by atoms with Crippen LogP contribution in [0, 0.1) is 11.8 Å². The van der Waals surface area contributed by atoms with Gasteiger partial charge in [0.2, 0.25) is 0 Å². The maximum Gasteiger partial charge on any atom is 0.0613 e. The molecule has 3 heteroatoms. The second-order valence-electron chi connectivity index (χ2n) is 6.84. The van der Waals surface area contributed by atoms with Crippen LogP contribution >= 0.6 is 0 Å². The average Bonchev–Trinajstić information content (AvgIpc) is 2.80. The van der Waals surface area contributed by atoms with Crippen LogP contribution in [0.25, 0.3) is 0 Å². The van der Waals surface area contributed by atoms with E-state index in [9.17, 15) is 5.11 Å². The van der Waals surface area contributed by atoms with E-state index in [2.05, 4.69) is 11.8 Å². The van der Waals surface area contributed by atoms with Crippen LogP contribution in [0.2, 0.25) is 0 Å². The smallest absolute Gasteiger partial charge is 0.0613 e. The molecular formula is C16H32N2O. The molecule has 1 aliphatic carbocycles. The third-order valence-corrected chi connectivity index (χ3v) is 5.50. The topological polar surface area (TPSA) is 49.5 Å². The molecule has 3 N–H and O–H groups in total. The lowest BCUT2D eigenvalue weighted by Crippen LogP contribution is -2.48. The van der Waals surface area contributed by atoms with Gasteiger partial charge >= 0.3 is 0 Å². The SMILES string of the molecule is CCCC1CCN(CCC2CCCC2(N)CO)CC1. The van der Waals surface area contributed by atoms with E-state index in [1.54, 1.807) is 0 Å². The lowest BCUT2D eigenvalue weighted by atomic mass is 9.86. The van der Waals surface area contributed by atoms with Gasteiger partial charge in [-0.15, -0.1) is 0 Å². The normalized spacial score (nSPS) is 33.9. The minimum Gasteiger partial charge on any atom is -0.394 e. The van der Waals surface area contributed by atoms with Gasteiger partial charge in [0.05, 0.1) is 6.61 Å². The Kier molecular flexibility index (Phi) is 5.67. The van der Waals surface area contributed by atoms with E-state index in [-0.39, 0.29) is 12.1 Å². The second-order valence-corrected chi connectivity index (χ2v) is 6.84. The Bertz CT molecular complexity index is 263. The summed E-state index contributed by atoms with van der Waals surface area (Å²) >= 11 is 0. The highest BCUT2D eigenvalue weighted by Crippen LogP contribution is 2.36. The minimum absolute atomic E-state index is 0.163. The van der Waals surface area contributed by atoms with Crippen LogP contribution in [0.1, 0.15) is 58.3 Å². The second kappa shape index (κ2) is 7.05. The van der Waals surface area contributed by atoms with Crippen LogP contribution in [0.3, 0.4) is 0 Å². The number of hydrogen-bond acceptors (Lipinski definition) is 3. The third-order valence-electron chi connectivity index (χ3n) is 5.50. The Morgan fingerprint density at radius 2 is 1.95 bits per heavy atom. The van der Waals surface area contributed by atoms with Crippen molar-refractivity contribution in [2.45, 2.75) is 63.8 Å². The molecule has 0 spiro atoms. The molecule has 112 valence electrons. The number of aliphatic hydroxyl groups is 1. The summed E-state index contributed by atoms with van der Waals surface area (Å²) in [6, 6.07) is 0. The van der Waals surface area contributed by atoms with Crippen molar-refractivity contribution in [1.29, 1.82) is 0 Å². The molecule has 1 heterocycles. The largest absolute Gasteiger partial charge is 0.394 e. The minimum atomic E-state index is -0.277. The number of hydrogen-bond donors (Lipinski definition) is 2. The molecule has 2 fully saturated rings. The molecule has 1 saturated heterocycles. The van der Waals surface area contributed by atoms with Gasteiger partial charge in [0, 0.05) is 5.54 Å². The predicted octanol–water partition coefficient (Wildman–Crippen LogP) is 2.38. The molecule has 0 bridgehead atoms. The number of piperidine rings is 1. The average molecular weight is 268 g/mol. The summed E-state index contributed by atoms with van der Waals surface area (Å²) in [6.45, 7) is 6.18. The lowest BCUT2D eigenvalue weighted by Gasteiger charge is -2.35. The van der Waals surface area contributed by atoms with Gasteiger partial charge < -0.3 is 15.7 Å². The lowest BCUT2D eigenvalue weighted by molar-refractivity contribution is 0.129. The van der Waals surface area contributed by atoms with E-state index in [0.717, 1.165) is 12.3 Å². The monoisotopic (exact) mass is 268 g/mol. The molecule has 19 heavy (non-hydrogen) atoms. The first-order valence-electron chi connectivity index (χ1n) is 8.30. The van der Waals surface area contributed by atoms with Crippen LogP contribution in [-0.4, -0.2) is 41.8 Å². The van der Waals surface area contributed by atoms with Crippen molar-refractivity contribution in [3.63, 3.8) is 0 Å². The molecule has 2 aliphatic rings. The standard InChI is InChI=1S/C16H32N2O/c1-2-4-14-6-10-18(11-7-14)12-8-15-5-3-9-16(15,17)13-19/h14-15,19H,2-13,17H2,1H3. The number of nitrogens with two attached hydrogens (primary N) is 1. The van der Waals surface area contributed by atoms with Gasteiger partial charge in [-0.2, -0.15) is 0 Å². The molecular weight excluding hydrogens is 236 g/mol. The van der Waals surface area contributed by atoms with Gasteiger partial charge in [0.15, 0.2) is 0 Å². The van der Waals surface area contributed by atoms with Gasteiger partial charge in [-0.1, -0.05) is 26.2 Å². The fourth-order valence-electron chi connectivity index (χ4n) is 4.05. The summed E-state index contributed by atoms with van der Waals surface area (Å²) < 4.78 is 0. The van der Waals surface area contributed by atoms with Crippen LogP contribution in [-0.2, 0) is 0 Å². The molecule has 0 aromatic rings. The summed E-state index contributed by atoms with van der Waals surface area (Å²) in [6.07, 6.45) is 10.1. The van der Waals surface area contributed by atoms with Gasteiger partial charge in [-0.3, -0.25) is 0 Å². The Morgan fingerprint density at radius 1 is 1.21 bits per heavy atom. The first-order chi connectivity index (χ1) is 9.18. The Balaban J connectivity index is 1.69. The van der Waals surface area contributed by atoms with Crippen molar-refractivity contribution >= 4 is 0 Å². The Labute approximate surface area is 118 Å². The maximum atomic E-state index is 9.49. The fraction of sp³-hybridized carbons (Fsp3) is 1.00. The fourth-order valence-corrected chi connectivity index (χ4v) is 4.05. The molecule has 2 unspecified atom stereocenters. The van der Waals surface area contributed by atoms with E-state index in [0.29, 0.717) is 5.92 Å². The number of nitrogens with zero attached hydrogens (tertiary/aromatic N) is 1. The Morgan fingerprint density at radius 3 is 2.58 bits per heavy atom. The van der Waals surface area contributed by atoms with Crippen molar-refractivity contribution < 1.29 is 5.11 Å². The highest BCUT2D eigenvalue weighted by molar-refractivity contribution is 4.96. The first kappa shape index (κ1) is 15.3. The van der Waals surface area contributed by atoms with Crippen LogP contribution < -0.4 is 5.73 Å².